The summed E-state index contributed by atoms with van der Waals surface area (Å²) in [6, 6.07) is 10.1. The molecule has 0 fully saturated rings. The van der Waals surface area contributed by atoms with Gasteiger partial charge in [0.25, 0.3) is 5.91 Å². The molecule has 0 spiro atoms. The van der Waals surface area contributed by atoms with Crippen molar-refractivity contribution in [2.45, 2.75) is 19.7 Å². The van der Waals surface area contributed by atoms with Crippen LogP contribution >= 0.6 is 0 Å². The Hall–Kier alpha value is -2.90. The van der Waals surface area contributed by atoms with Crippen molar-refractivity contribution in [1.82, 2.24) is 0 Å². The van der Waals surface area contributed by atoms with Gasteiger partial charge in [-0.1, -0.05) is 25.1 Å². The van der Waals surface area contributed by atoms with Crippen LogP contribution in [0.5, 0.6) is 23.0 Å². The van der Waals surface area contributed by atoms with Gasteiger partial charge in [-0.2, -0.15) is 0 Å². The van der Waals surface area contributed by atoms with E-state index in [2.05, 4.69) is 4.74 Å². The van der Waals surface area contributed by atoms with Crippen molar-refractivity contribution in [1.29, 1.82) is 0 Å². The zero-order valence-electron chi connectivity index (χ0n) is 13.3. The van der Waals surface area contributed by atoms with Crippen LogP contribution < -0.4 is 19.9 Å². The second kappa shape index (κ2) is 7.78. The molecule has 0 unspecified atom stereocenters. The van der Waals surface area contributed by atoms with E-state index in [0.717, 1.165) is 12.1 Å². The molecular weight excluding hydrogens is 339 g/mol. The summed E-state index contributed by atoms with van der Waals surface area (Å²) < 4.78 is 53.0. The molecule has 2 rings (SSSR count). The first-order chi connectivity index (χ1) is 11.8. The highest BCUT2D eigenvalue weighted by Crippen LogP contribution is 2.44. The number of amides is 1. The first-order valence-corrected chi connectivity index (χ1v) is 7.40. The number of halogens is 3. The maximum Gasteiger partial charge on any atom is 0.573 e. The average Bonchev–Trinajstić information content (AvgIpc) is 2.54. The van der Waals surface area contributed by atoms with Crippen LogP contribution in [0, 0.1) is 0 Å². The monoisotopic (exact) mass is 355 g/mol. The van der Waals surface area contributed by atoms with Gasteiger partial charge in [0.2, 0.25) is 5.75 Å². The maximum atomic E-state index is 12.7. The fourth-order valence-electron chi connectivity index (χ4n) is 1.99. The van der Waals surface area contributed by atoms with Gasteiger partial charge >= 0.3 is 6.36 Å². The van der Waals surface area contributed by atoms with Crippen LogP contribution in [0.25, 0.3) is 0 Å². The minimum Gasteiger partial charge on any atom is -0.489 e. The summed E-state index contributed by atoms with van der Waals surface area (Å²) in [6.07, 6.45) is -4.38. The minimum atomic E-state index is -4.94. The molecule has 0 aliphatic heterocycles. The van der Waals surface area contributed by atoms with Gasteiger partial charge in [0.1, 0.15) is 5.75 Å². The largest absolute Gasteiger partial charge is 0.573 e. The quantitative estimate of drug-likeness (QED) is 0.805. The SMILES string of the molecule is CCCOc1c(C(N)=O)ccc(OC(F)(F)F)c1Oc1ccccc1. The van der Waals surface area contributed by atoms with E-state index in [1.807, 2.05) is 0 Å². The molecule has 25 heavy (non-hydrogen) atoms. The van der Waals surface area contributed by atoms with Gasteiger partial charge < -0.3 is 19.9 Å². The Morgan fingerprint density at radius 1 is 1.08 bits per heavy atom. The molecule has 0 aliphatic rings. The third kappa shape index (κ3) is 5.03. The van der Waals surface area contributed by atoms with Crippen molar-refractivity contribution in [2.75, 3.05) is 6.61 Å². The molecule has 0 heterocycles. The number of carbonyl (C=O) groups excluding carboxylic acids is 1. The molecule has 0 bridgehead atoms. The number of rotatable bonds is 7. The predicted molar refractivity (Wildman–Crippen MR) is 83.9 cm³/mol. The second-order valence-electron chi connectivity index (χ2n) is 4.95. The Labute approximate surface area is 142 Å². The molecule has 0 atom stereocenters. The molecule has 0 radical (unpaired) electrons. The molecule has 0 aliphatic carbocycles. The van der Waals surface area contributed by atoms with Crippen LogP contribution in [-0.2, 0) is 0 Å². The van der Waals surface area contributed by atoms with Crippen molar-refractivity contribution in [2.24, 2.45) is 5.73 Å². The molecule has 0 saturated carbocycles. The van der Waals surface area contributed by atoms with Crippen molar-refractivity contribution in [3.63, 3.8) is 0 Å². The molecule has 1 amide bonds. The summed E-state index contributed by atoms with van der Waals surface area (Å²) in [5, 5.41) is 0. The molecule has 0 saturated heterocycles. The van der Waals surface area contributed by atoms with E-state index in [9.17, 15) is 18.0 Å². The van der Waals surface area contributed by atoms with Crippen LogP contribution in [0.4, 0.5) is 13.2 Å². The Morgan fingerprint density at radius 3 is 2.32 bits per heavy atom. The zero-order valence-corrected chi connectivity index (χ0v) is 13.3. The van der Waals surface area contributed by atoms with E-state index in [1.165, 1.54) is 12.1 Å². The van der Waals surface area contributed by atoms with Gasteiger partial charge in [0.15, 0.2) is 11.5 Å². The molecule has 2 N–H and O–H groups in total. The fourth-order valence-corrected chi connectivity index (χ4v) is 1.99. The number of benzene rings is 2. The van der Waals surface area contributed by atoms with Crippen LogP contribution in [0.3, 0.4) is 0 Å². The van der Waals surface area contributed by atoms with E-state index >= 15 is 0 Å². The highest BCUT2D eigenvalue weighted by molar-refractivity contribution is 5.97. The lowest BCUT2D eigenvalue weighted by Gasteiger charge is -2.19. The van der Waals surface area contributed by atoms with E-state index < -0.39 is 18.0 Å². The van der Waals surface area contributed by atoms with Crippen LogP contribution in [-0.4, -0.2) is 18.9 Å². The van der Waals surface area contributed by atoms with Gasteiger partial charge in [-0.05, 0) is 30.7 Å². The number of hydrogen-bond acceptors (Lipinski definition) is 4. The van der Waals surface area contributed by atoms with Crippen LogP contribution in [0.2, 0.25) is 0 Å². The maximum absolute atomic E-state index is 12.7. The van der Waals surface area contributed by atoms with Crippen molar-refractivity contribution in [3.05, 3.63) is 48.0 Å². The lowest BCUT2D eigenvalue weighted by molar-refractivity contribution is -0.275. The zero-order chi connectivity index (χ0) is 18.4. The molecule has 8 heteroatoms. The predicted octanol–water partition coefficient (Wildman–Crippen LogP) is 4.27. The first kappa shape index (κ1) is 18.4. The Bertz CT molecular complexity index is 733. The number of ether oxygens (including phenoxy) is 3. The van der Waals surface area contributed by atoms with Gasteiger partial charge in [-0.25, -0.2) is 0 Å². The summed E-state index contributed by atoms with van der Waals surface area (Å²) >= 11 is 0. The average molecular weight is 355 g/mol. The molecule has 2 aromatic rings. The third-order valence-corrected chi connectivity index (χ3v) is 2.98. The van der Waals surface area contributed by atoms with Crippen molar-refractivity contribution >= 4 is 5.91 Å². The van der Waals surface area contributed by atoms with E-state index in [0.29, 0.717) is 6.42 Å². The smallest absolute Gasteiger partial charge is 0.489 e. The Morgan fingerprint density at radius 2 is 1.76 bits per heavy atom. The molecule has 0 aromatic heterocycles. The number of para-hydroxylation sites is 1. The van der Waals surface area contributed by atoms with Crippen LogP contribution in [0.1, 0.15) is 23.7 Å². The van der Waals surface area contributed by atoms with E-state index in [1.54, 1.807) is 25.1 Å². The summed E-state index contributed by atoms with van der Waals surface area (Å²) in [4.78, 5) is 11.6. The molecule has 2 aromatic carbocycles. The number of alkyl halides is 3. The first-order valence-electron chi connectivity index (χ1n) is 7.40. The highest BCUT2D eigenvalue weighted by atomic mass is 19.4. The van der Waals surface area contributed by atoms with E-state index in [4.69, 9.17) is 15.2 Å². The summed E-state index contributed by atoms with van der Waals surface area (Å²) in [5.74, 6) is -1.80. The topological polar surface area (TPSA) is 70.8 Å². The highest BCUT2D eigenvalue weighted by Gasteiger charge is 2.34. The van der Waals surface area contributed by atoms with E-state index in [-0.39, 0.29) is 29.4 Å². The molecular formula is C17H16F3NO4. The number of primary amides is 1. The van der Waals surface area contributed by atoms with Crippen molar-refractivity contribution < 1.29 is 32.2 Å². The minimum absolute atomic E-state index is 0.103. The fraction of sp³-hybridized carbons (Fsp3) is 0.235. The Balaban J connectivity index is 2.57. The lowest BCUT2D eigenvalue weighted by atomic mass is 10.1. The summed E-state index contributed by atoms with van der Waals surface area (Å²) in [5.41, 5.74) is 5.19. The van der Waals surface area contributed by atoms with Gasteiger partial charge in [-0.3, -0.25) is 4.79 Å². The number of hydrogen-bond donors (Lipinski definition) is 1. The third-order valence-electron chi connectivity index (χ3n) is 2.98. The van der Waals surface area contributed by atoms with Crippen molar-refractivity contribution in [3.8, 4) is 23.0 Å². The lowest BCUT2D eigenvalue weighted by Crippen LogP contribution is -2.19. The number of nitrogens with two attached hydrogens (primary N) is 1. The van der Waals surface area contributed by atoms with Gasteiger partial charge in [0.05, 0.1) is 12.2 Å². The second-order valence-corrected chi connectivity index (χ2v) is 4.95. The normalized spacial score (nSPS) is 11.0. The van der Waals surface area contributed by atoms with Gasteiger partial charge in [-0.15, -0.1) is 13.2 Å². The Kier molecular flexibility index (Phi) is 5.74. The van der Waals surface area contributed by atoms with Gasteiger partial charge in [0, 0.05) is 0 Å². The molecule has 134 valence electrons. The molecule has 5 nitrogen and oxygen atoms in total. The summed E-state index contributed by atoms with van der Waals surface area (Å²) in [6.45, 7) is 1.96. The standard InChI is InChI=1S/C17H16F3NO4/c1-2-10-23-14-12(16(21)22)8-9-13(25-17(18,19)20)15(14)24-11-6-4-3-5-7-11/h3-9H,2,10H2,1H3,(H2,21,22). The number of carbonyl (C=O) groups is 1. The summed E-state index contributed by atoms with van der Waals surface area (Å²) in [7, 11) is 0. The van der Waals surface area contributed by atoms with Crippen LogP contribution in [0.15, 0.2) is 42.5 Å².